The molecular weight excluding hydrogens is 398 g/mol. The van der Waals surface area contributed by atoms with Gasteiger partial charge in [-0.15, -0.1) is 0 Å². The fourth-order valence-corrected chi connectivity index (χ4v) is 4.03. The van der Waals surface area contributed by atoms with Gasteiger partial charge >= 0.3 is 0 Å². The third-order valence-electron chi connectivity index (χ3n) is 5.73. The number of hydrogen-bond acceptors (Lipinski definition) is 4. The van der Waals surface area contributed by atoms with Crippen LogP contribution in [-0.2, 0) is 6.54 Å². The summed E-state index contributed by atoms with van der Waals surface area (Å²) in [6.07, 6.45) is 0. The maximum atomic E-state index is 13.4. The largest absolute Gasteiger partial charge is 0.497 e. The third-order valence-corrected chi connectivity index (χ3v) is 5.73. The number of methoxy groups -OCH3 is 1. The highest BCUT2D eigenvalue weighted by atomic mass is 16.5. The van der Waals surface area contributed by atoms with Crippen LogP contribution < -0.4 is 15.6 Å². The van der Waals surface area contributed by atoms with Crippen LogP contribution in [-0.4, -0.2) is 18.2 Å². The van der Waals surface area contributed by atoms with Crippen molar-refractivity contribution in [1.82, 2.24) is 9.88 Å². The predicted molar refractivity (Wildman–Crippen MR) is 128 cm³/mol. The molecule has 1 N–H and O–H groups in total. The highest BCUT2D eigenvalue weighted by Gasteiger charge is 2.19. The molecule has 0 radical (unpaired) electrons. The van der Waals surface area contributed by atoms with E-state index >= 15 is 0 Å². The van der Waals surface area contributed by atoms with Crippen molar-refractivity contribution in [3.05, 3.63) is 100 Å². The summed E-state index contributed by atoms with van der Waals surface area (Å²) in [7, 11) is 1.59. The highest BCUT2D eigenvalue weighted by Crippen LogP contribution is 2.32. The van der Waals surface area contributed by atoms with Crippen LogP contribution in [0.5, 0.6) is 5.75 Å². The predicted octanol–water partition coefficient (Wildman–Crippen LogP) is 4.90. The first-order valence-electron chi connectivity index (χ1n) is 10.6. The summed E-state index contributed by atoms with van der Waals surface area (Å²) in [6, 6.07) is 27.7. The van der Waals surface area contributed by atoms with Gasteiger partial charge in [0.1, 0.15) is 17.5 Å². The highest BCUT2D eigenvalue weighted by molar-refractivity contribution is 5.99. The van der Waals surface area contributed by atoms with E-state index in [1.165, 1.54) is 5.56 Å². The summed E-state index contributed by atoms with van der Waals surface area (Å²) >= 11 is 0. The molecule has 0 spiro atoms. The van der Waals surface area contributed by atoms with Crippen molar-refractivity contribution >= 4 is 10.8 Å². The first-order chi connectivity index (χ1) is 15.6. The zero-order valence-electron chi connectivity index (χ0n) is 18.2. The summed E-state index contributed by atoms with van der Waals surface area (Å²) in [4.78, 5) is 13.4. The van der Waals surface area contributed by atoms with Gasteiger partial charge < -0.3 is 10.1 Å². The lowest BCUT2D eigenvalue weighted by Crippen LogP contribution is -2.30. The van der Waals surface area contributed by atoms with E-state index in [4.69, 9.17) is 4.74 Å². The SMILES string of the molecule is COc1ccc2c(=O)n(CCN[C@H](C)c3ccccc3)c(C#N)c(-c3ccccc3)c2c1. The Hall–Kier alpha value is -3.88. The van der Waals surface area contributed by atoms with Gasteiger partial charge in [0, 0.05) is 35.5 Å². The summed E-state index contributed by atoms with van der Waals surface area (Å²) in [5.74, 6) is 0.647. The standard InChI is InChI=1S/C27H25N3O2/c1-19(20-9-5-3-6-10-20)29-15-16-30-25(18-28)26(21-11-7-4-8-12-21)24-17-22(32-2)13-14-23(24)27(30)31/h3-14,17,19,29H,15-16H2,1-2H3/t19-/m1/s1. The van der Waals surface area contributed by atoms with Crippen LogP contribution in [0.4, 0.5) is 0 Å². The van der Waals surface area contributed by atoms with Crippen LogP contribution >= 0.6 is 0 Å². The van der Waals surface area contributed by atoms with Crippen molar-refractivity contribution in [3.8, 4) is 22.9 Å². The monoisotopic (exact) mass is 423 g/mol. The van der Waals surface area contributed by atoms with Crippen molar-refractivity contribution in [3.63, 3.8) is 0 Å². The number of nitrogens with one attached hydrogen (secondary N) is 1. The molecular formula is C27H25N3O2. The van der Waals surface area contributed by atoms with Gasteiger partial charge in [0.15, 0.2) is 0 Å². The van der Waals surface area contributed by atoms with Crippen LogP contribution in [0.15, 0.2) is 83.7 Å². The number of benzene rings is 3. The van der Waals surface area contributed by atoms with E-state index in [9.17, 15) is 10.1 Å². The van der Waals surface area contributed by atoms with Gasteiger partial charge in [0.2, 0.25) is 0 Å². The van der Waals surface area contributed by atoms with E-state index in [1.54, 1.807) is 23.8 Å². The summed E-state index contributed by atoms with van der Waals surface area (Å²) in [5, 5.41) is 14.8. The third kappa shape index (κ3) is 4.14. The minimum absolute atomic E-state index is 0.135. The molecule has 4 rings (SSSR count). The average Bonchev–Trinajstić information content (AvgIpc) is 2.85. The first-order valence-corrected chi connectivity index (χ1v) is 10.6. The molecule has 3 aromatic carbocycles. The molecule has 0 aliphatic rings. The van der Waals surface area contributed by atoms with Crippen LogP contribution in [0.25, 0.3) is 21.9 Å². The molecule has 0 aliphatic carbocycles. The Morgan fingerprint density at radius 2 is 1.69 bits per heavy atom. The zero-order chi connectivity index (χ0) is 22.5. The molecule has 5 heteroatoms. The fourth-order valence-electron chi connectivity index (χ4n) is 4.03. The Balaban J connectivity index is 1.78. The number of nitriles is 1. The molecule has 4 aromatic rings. The van der Waals surface area contributed by atoms with Crippen LogP contribution in [0.1, 0.15) is 24.2 Å². The van der Waals surface area contributed by atoms with Gasteiger partial charge in [-0.3, -0.25) is 9.36 Å². The molecule has 0 fully saturated rings. The molecule has 0 bridgehead atoms. The quantitative estimate of drug-likeness (QED) is 0.459. The van der Waals surface area contributed by atoms with E-state index < -0.39 is 0 Å². The number of ether oxygens (including phenoxy) is 1. The van der Waals surface area contributed by atoms with Gasteiger partial charge in [0.25, 0.3) is 5.56 Å². The average molecular weight is 424 g/mol. The summed E-state index contributed by atoms with van der Waals surface area (Å²) in [5.41, 5.74) is 3.00. The minimum atomic E-state index is -0.173. The smallest absolute Gasteiger partial charge is 0.259 e. The Bertz CT molecular complexity index is 1320. The van der Waals surface area contributed by atoms with E-state index in [2.05, 4.69) is 30.4 Å². The fraction of sp³-hybridized carbons (Fsp3) is 0.185. The molecule has 0 aliphatic heterocycles. The normalized spacial score (nSPS) is 11.8. The van der Waals surface area contributed by atoms with Crippen LogP contribution in [0.2, 0.25) is 0 Å². The van der Waals surface area contributed by atoms with Crippen molar-refractivity contribution in [2.24, 2.45) is 0 Å². The minimum Gasteiger partial charge on any atom is -0.497 e. The van der Waals surface area contributed by atoms with Gasteiger partial charge in [-0.2, -0.15) is 5.26 Å². The van der Waals surface area contributed by atoms with Gasteiger partial charge in [-0.05, 0) is 36.2 Å². The second-order valence-corrected chi connectivity index (χ2v) is 7.66. The van der Waals surface area contributed by atoms with E-state index in [1.807, 2.05) is 54.6 Å². The summed E-state index contributed by atoms with van der Waals surface area (Å²) < 4.78 is 6.97. The lowest BCUT2D eigenvalue weighted by atomic mass is 9.97. The maximum absolute atomic E-state index is 13.4. The number of nitrogens with zero attached hydrogens (tertiary/aromatic N) is 2. The Morgan fingerprint density at radius 3 is 2.34 bits per heavy atom. The van der Waals surface area contributed by atoms with Crippen LogP contribution in [0.3, 0.4) is 0 Å². The molecule has 0 amide bonds. The number of aromatic nitrogens is 1. The van der Waals surface area contributed by atoms with Crippen molar-refractivity contribution < 1.29 is 4.74 Å². The lowest BCUT2D eigenvalue weighted by Gasteiger charge is -2.18. The van der Waals surface area contributed by atoms with Gasteiger partial charge in [-0.25, -0.2) is 0 Å². The number of fused-ring (bicyclic) bond motifs is 1. The van der Waals surface area contributed by atoms with Crippen molar-refractivity contribution in [2.45, 2.75) is 19.5 Å². The number of rotatable bonds is 7. The summed E-state index contributed by atoms with van der Waals surface area (Å²) in [6.45, 7) is 3.03. The lowest BCUT2D eigenvalue weighted by molar-refractivity contribution is 0.415. The molecule has 0 saturated carbocycles. The molecule has 32 heavy (non-hydrogen) atoms. The molecule has 0 unspecified atom stereocenters. The molecule has 0 saturated heterocycles. The Labute approximate surface area is 187 Å². The first kappa shape index (κ1) is 21.4. The molecule has 5 nitrogen and oxygen atoms in total. The van der Waals surface area contributed by atoms with E-state index in [0.29, 0.717) is 29.9 Å². The van der Waals surface area contributed by atoms with E-state index in [-0.39, 0.29) is 11.6 Å². The molecule has 1 atom stereocenters. The maximum Gasteiger partial charge on any atom is 0.259 e. The van der Waals surface area contributed by atoms with Gasteiger partial charge in [0.05, 0.1) is 7.11 Å². The molecule has 1 aromatic heterocycles. The second kappa shape index (κ2) is 9.51. The number of pyridine rings is 1. The second-order valence-electron chi connectivity index (χ2n) is 7.66. The van der Waals surface area contributed by atoms with Gasteiger partial charge in [-0.1, -0.05) is 60.7 Å². The molecule has 160 valence electrons. The zero-order valence-corrected chi connectivity index (χ0v) is 18.2. The topological polar surface area (TPSA) is 67.0 Å². The van der Waals surface area contributed by atoms with Crippen molar-refractivity contribution in [2.75, 3.05) is 13.7 Å². The van der Waals surface area contributed by atoms with Crippen molar-refractivity contribution in [1.29, 1.82) is 5.26 Å². The molecule has 1 heterocycles. The van der Waals surface area contributed by atoms with E-state index in [0.717, 1.165) is 16.5 Å². The Kier molecular flexibility index (Phi) is 6.34. The number of hydrogen-bond donors (Lipinski definition) is 1. The van der Waals surface area contributed by atoms with Crippen LogP contribution in [0, 0.1) is 11.3 Å². The Morgan fingerprint density at radius 1 is 1.00 bits per heavy atom.